The van der Waals surface area contributed by atoms with Gasteiger partial charge in [-0.2, -0.15) is 0 Å². The van der Waals surface area contributed by atoms with E-state index >= 15 is 0 Å². The minimum atomic E-state index is -0.502. The summed E-state index contributed by atoms with van der Waals surface area (Å²) in [6.07, 6.45) is 16.4. The maximum absolute atomic E-state index is 12.7. The highest BCUT2D eigenvalue weighted by molar-refractivity contribution is 6.02. The number of hydrogen-bond acceptors (Lipinski definition) is 4. The van der Waals surface area contributed by atoms with Crippen LogP contribution in [0.15, 0.2) is 80.1 Å². The van der Waals surface area contributed by atoms with E-state index in [1.807, 2.05) is 42.5 Å². The molecule has 0 atom stereocenters. The Morgan fingerprint density at radius 1 is 0.500 bits per heavy atom. The summed E-state index contributed by atoms with van der Waals surface area (Å²) in [4.78, 5) is 55.1. The van der Waals surface area contributed by atoms with Gasteiger partial charge in [-0.05, 0) is 58.7 Å². The number of unbranched alkanes of at least 4 members (excludes halogenated alkanes) is 10. The van der Waals surface area contributed by atoms with Crippen molar-refractivity contribution in [1.82, 2.24) is 19.1 Å². The summed E-state index contributed by atoms with van der Waals surface area (Å²) in [6.45, 7) is 5.44. The van der Waals surface area contributed by atoms with Crippen LogP contribution in [0, 0.1) is 23.7 Å². The number of H-pyrrole nitrogens is 2. The number of aromatic nitrogens is 4. The molecule has 0 fully saturated rings. The summed E-state index contributed by atoms with van der Waals surface area (Å²) in [6, 6.07) is 15.8. The van der Waals surface area contributed by atoms with Crippen LogP contribution in [0.3, 0.4) is 0 Å². The number of hydrogen-bond donors (Lipinski definition) is 2. The van der Waals surface area contributed by atoms with Gasteiger partial charge in [0.05, 0.1) is 0 Å². The van der Waals surface area contributed by atoms with Gasteiger partial charge in [0.15, 0.2) is 0 Å². The van der Waals surface area contributed by atoms with Gasteiger partial charge in [0.25, 0.3) is 11.1 Å². The number of benzene rings is 3. The minimum Gasteiger partial charge on any atom is -0.299 e. The number of aryl methyl sites for hydroxylation is 2. The molecule has 5 rings (SSSR count). The molecule has 0 spiro atoms. The lowest BCUT2D eigenvalue weighted by molar-refractivity contribution is 0.542. The van der Waals surface area contributed by atoms with E-state index in [2.05, 4.69) is 53.6 Å². The third-order valence-corrected chi connectivity index (χ3v) is 9.07. The van der Waals surface area contributed by atoms with Gasteiger partial charge in [-0.25, -0.2) is 9.59 Å². The van der Waals surface area contributed by atoms with Crippen LogP contribution < -0.4 is 22.5 Å². The first-order valence-electron chi connectivity index (χ1n) is 18.0. The summed E-state index contributed by atoms with van der Waals surface area (Å²) in [5.74, 6) is 12.4. The molecule has 258 valence electrons. The molecule has 5 aromatic rings. The van der Waals surface area contributed by atoms with E-state index in [0.717, 1.165) is 71.2 Å². The van der Waals surface area contributed by atoms with E-state index in [1.165, 1.54) is 38.5 Å². The fraction of sp³-hybridized carbons (Fsp3) is 0.381. The van der Waals surface area contributed by atoms with Gasteiger partial charge in [0.2, 0.25) is 0 Å². The summed E-state index contributed by atoms with van der Waals surface area (Å²) >= 11 is 0. The van der Waals surface area contributed by atoms with Crippen molar-refractivity contribution >= 4 is 21.5 Å². The van der Waals surface area contributed by atoms with Crippen molar-refractivity contribution in [2.45, 2.75) is 104 Å². The second kappa shape index (κ2) is 17.9. The fourth-order valence-corrected chi connectivity index (χ4v) is 6.19. The van der Waals surface area contributed by atoms with Crippen LogP contribution >= 0.6 is 0 Å². The van der Waals surface area contributed by atoms with Gasteiger partial charge >= 0.3 is 11.4 Å². The molecule has 0 amide bonds. The van der Waals surface area contributed by atoms with E-state index in [9.17, 15) is 19.2 Å². The minimum absolute atomic E-state index is 0.239. The average molecular weight is 671 g/mol. The normalized spacial score (nSPS) is 10.9. The summed E-state index contributed by atoms with van der Waals surface area (Å²) < 4.78 is 3.08. The quantitative estimate of drug-likeness (QED) is 0.0739. The molecular weight excluding hydrogens is 624 g/mol. The zero-order valence-corrected chi connectivity index (χ0v) is 29.2. The zero-order chi connectivity index (χ0) is 35.3. The van der Waals surface area contributed by atoms with Gasteiger partial charge in [-0.15, -0.1) is 0 Å². The molecule has 8 nitrogen and oxygen atoms in total. The van der Waals surface area contributed by atoms with Gasteiger partial charge in [0, 0.05) is 36.6 Å². The number of nitrogens with zero attached hydrogens (tertiary/aromatic N) is 2. The van der Waals surface area contributed by atoms with E-state index in [0.29, 0.717) is 13.1 Å². The number of nitrogens with one attached hydrogen (secondary N) is 2. The molecule has 0 aliphatic carbocycles. The molecule has 0 aliphatic rings. The molecule has 0 saturated heterocycles. The van der Waals surface area contributed by atoms with Gasteiger partial charge in [-0.3, -0.25) is 28.7 Å². The first kappa shape index (κ1) is 36.0. The molecule has 0 aliphatic heterocycles. The maximum Gasteiger partial charge on any atom is 0.328 e. The van der Waals surface area contributed by atoms with Crippen molar-refractivity contribution in [3.05, 3.63) is 125 Å². The smallest absolute Gasteiger partial charge is 0.299 e. The molecule has 0 unspecified atom stereocenters. The molecule has 8 heteroatoms. The summed E-state index contributed by atoms with van der Waals surface area (Å²) in [5, 5.41) is 3.75. The van der Waals surface area contributed by atoms with E-state index in [4.69, 9.17) is 0 Å². The lowest BCUT2D eigenvalue weighted by Gasteiger charge is -2.07. The highest BCUT2D eigenvalue weighted by Crippen LogP contribution is 2.27. The van der Waals surface area contributed by atoms with Crippen LogP contribution in [0.4, 0.5) is 0 Å². The van der Waals surface area contributed by atoms with Crippen molar-refractivity contribution in [2.24, 2.45) is 0 Å². The van der Waals surface area contributed by atoms with Crippen molar-refractivity contribution < 1.29 is 0 Å². The molecule has 3 aromatic carbocycles. The first-order chi connectivity index (χ1) is 24.4. The lowest BCUT2D eigenvalue weighted by Crippen LogP contribution is -2.31. The van der Waals surface area contributed by atoms with Crippen molar-refractivity contribution in [3.8, 4) is 23.7 Å². The van der Waals surface area contributed by atoms with Crippen LogP contribution in [0.2, 0.25) is 0 Å². The van der Waals surface area contributed by atoms with Crippen LogP contribution in [0.25, 0.3) is 21.5 Å². The van der Waals surface area contributed by atoms with Gasteiger partial charge < -0.3 is 0 Å². The molecule has 0 radical (unpaired) electrons. The van der Waals surface area contributed by atoms with E-state index in [-0.39, 0.29) is 11.1 Å². The lowest BCUT2D eigenvalue weighted by atomic mass is 9.97. The number of aromatic amines is 2. The molecule has 2 heterocycles. The van der Waals surface area contributed by atoms with Crippen molar-refractivity contribution in [1.29, 1.82) is 0 Å². The molecule has 0 bridgehead atoms. The monoisotopic (exact) mass is 670 g/mol. The van der Waals surface area contributed by atoms with E-state index < -0.39 is 22.5 Å². The standard InChI is InChI=1S/C42H46N4O4/c1-3-5-7-9-11-13-25-45-29-35(39(47)43-41(45)49)23-21-31-17-15-19-33-27-34-20-16-18-32(38(34)28-37(31)33)22-24-36-30-46(42(50)44-40(36)48)26-14-12-10-8-6-4-2/h15-20,27-30H,3-14,25-26H2,1-2H3,(H,43,47,49)(H,44,48,50). The second-order valence-corrected chi connectivity index (χ2v) is 12.9. The fourth-order valence-electron chi connectivity index (χ4n) is 6.19. The Balaban J connectivity index is 1.42. The zero-order valence-electron chi connectivity index (χ0n) is 29.2. The van der Waals surface area contributed by atoms with Gasteiger partial charge in [0.1, 0.15) is 11.1 Å². The van der Waals surface area contributed by atoms with Crippen LogP contribution in [0.1, 0.15) is 113 Å². The third kappa shape index (κ3) is 9.42. The molecule has 2 aromatic heterocycles. The van der Waals surface area contributed by atoms with Crippen LogP contribution in [-0.2, 0) is 13.1 Å². The molecule has 2 N–H and O–H groups in total. The Morgan fingerprint density at radius 3 is 1.34 bits per heavy atom. The Labute approximate surface area is 292 Å². The summed E-state index contributed by atoms with van der Waals surface area (Å²) in [5.41, 5.74) is 0.107. The first-order valence-corrected chi connectivity index (χ1v) is 18.0. The van der Waals surface area contributed by atoms with Crippen LogP contribution in [0.5, 0.6) is 0 Å². The molecule has 50 heavy (non-hydrogen) atoms. The van der Waals surface area contributed by atoms with Crippen molar-refractivity contribution in [2.75, 3.05) is 0 Å². The SMILES string of the molecule is CCCCCCCCn1cc(C#Cc2cccc3cc4cccc(C#Cc5cn(CCCCCCCC)c(=O)[nH]c5=O)c4cc23)c(=O)[nH]c1=O. The van der Waals surface area contributed by atoms with Crippen molar-refractivity contribution in [3.63, 3.8) is 0 Å². The number of fused-ring (bicyclic) bond motifs is 2. The summed E-state index contributed by atoms with van der Waals surface area (Å²) in [7, 11) is 0. The average Bonchev–Trinajstić information content (AvgIpc) is 3.11. The largest absolute Gasteiger partial charge is 0.328 e. The second-order valence-electron chi connectivity index (χ2n) is 12.9. The predicted octanol–water partition coefficient (Wildman–Crippen LogP) is 7.21. The van der Waals surface area contributed by atoms with Gasteiger partial charge in [-0.1, -0.05) is 126 Å². The predicted molar refractivity (Wildman–Crippen MR) is 203 cm³/mol. The van der Waals surface area contributed by atoms with E-state index in [1.54, 1.807) is 21.5 Å². The molecular formula is C42H46N4O4. The Morgan fingerprint density at radius 2 is 0.900 bits per heavy atom. The third-order valence-electron chi connectivity index (χ3n) is 9.07. The Hall–Kier alpha value is -5.34. The Bertz CT molecular complexity index is 2160. The van der Waals surface area contributed by atoms with Crippen LogP contribution in [-0.4, -0.2) is 19.1 Å². The Kier molecular flexibility index (Phi) is 12.9. The maximum atomic E-state index is 12.7. The molecule has 0 saturated carbocycles. The highest BCUT2D eigenvalue weighted by Gasteiger charge is 2.08. The topological polar surface area (TPSA) is 110 Å². The number of rotatable bonds is 14. The highest BCUT2D eigenvalue weighted by atomic mass is 16.2.